The predicted molar refractivity (Wildman–Crippen MR) is 60.1 cm³/mol. The van der Waals surface area contributed by atoms with Gasteiger partial charge in [-0.1, -0.05) is 0 Å². The van der Waals surface area contributed by atoms with Gasteiger partial charge in [-0.05, 0) is 6.92 Å². The second-order valence-corrected chi connectivity index (χ2v) is 3.78. The van der Waals surface area contributed by atoms with E-state index in [0.29, 0.717) is 4.90 Å². The van der Waals surface area contributed by atoms with Gasteiger partial charge in [0.25, 0.3) is 0 Å². The number of carbonyl (C=O) groups is 2. The number of nitrogens with zero attached hydrogens (tertiary/aromatic N) is 1. The first-order valence-electron chi connectivity index (χ1n) is 5.49. The summed E-state index contributed by atoms with van der Waals surface area (Å²) >= 11 is 0. The molecule has 0 unspecified atom stereocenters. The number of hydrogen-bond donors (Lipinski definition) is 2. The fourth-order valence-corrected chi connectivity index (χ4v) is 1.39. The molecule has 0 aliphatic heterocycles. The van der Waals surface area contributed by atoms with Crippen molar-refractivity contribution in [2.45, 2.75) is 6.92 Å². The normalized spacial score (nSPS) is 10.4. The van der Waals surface area contributed by atoms with Crippen LogP contribution in [0.2, 0.25) is 0 Å². The van der Waals surface area contributed by atoms with Crippen molar-refractivity contribution in [3.8, 4) is 0 Å². The van der Waals surface area contributed by atoms with Crippen molar-refractivity contribution in [2.24, 2.45) is 0 Å². The Balaban J connectivity index is 3.13. The molecule has 0 aliphatic carbocycles. The SMILES string of the molecule is CCN(CC(=O)O)C(=O)Nc1c(F)c(F)c(F)c(F)c1F. The summed E-state index contributed by atoms with van der Waals surface area (Å²) in [6.07, 6.45) is 0. The van der Waals surface area contributed by atoms with Gasteiger partial charge in [-0.25, -0.2) is 26.7 Å². The highest BCUT2D eigenvalue weighted by atomic mass is 19.2. The van der Waals surface area contributed by atoms with E-state index in [2.05, 4.69) is 0 Å². The molecule has 0 heterocycles. The standard InChI is InChI=1S/C11H9F5N2O3/c1-2-18(3-4(19)20)11(21)17-10-8(15)6(13)5(12)7(14)9(10)16/h2-3H2,1H3,(H,17,21)(H,19,20). The molecule has 21 heavy (non-hydrogen) atoms. The fourth-order valence-electron chi connectivity index (χ4n) is 1.39. The summed E-state index contributed by atoms with van der Waals surface area (Å²) in [6.45, 7) is 0.395. The third-order valence-electron chi connectivity index (χ3n) is 2.44. The highest BCUT2D eigenvalue weighted by Crippen LogP contribution is 2.27. The Bertz CT molecular complexity index is 565. The van der Waals surface area contributed by atoms with Gasteiger partial charge in [-0.3, -0.25) is 4.79 Å². The fraction of sp³-hybridized carbons (Fsp3) is 0.273. The lowest BCUT2D eigenvalue weighted by Crippen LogP contribution is -2.39. The third-order valence-corrected chi connectivity index (χ3v) is 2.44. The van der Waals surface area contributed by atoms with E-state index in [9.17, 15) is 31.5 Å². The molecule has 0 radical (unpaired) electrons. The van der Waals surface area contributed by atoms with Crippen LogP contribution in [-0.2, 0) is 4.79 Å². The second-order valence-electron chi connectivity index (χ2n) is 3.78. The summed E-state index contributed by atoms with van der Waals surface area (Å²) in [5, 5.41) is 10.00. The lowest BCUT2D eigenvalue weighted by atomic mass is 10.2. The Morgan fingerprint density at radius 3 is 1.81 bits per heavy atom. The van der Waals surface area contributed by atoms with Gasteiger partial charge < -0.3 is 15.3 Å². The number of carboxylic acids is 1. The lowest BCUT2D eigenvalue weighted by Gasteiger charge is -2.19. The highest BCUT2D eigenvalue weighted by molar-refractivity contribution is 5.91. The van der Waals surface area contributed by atoms with Crippen molar-refractivity contribution < 1.29 is 36.6 Å². The lowest BCUT2D eigenvalue weighted by molar-refractivity contribution is -0.137. The van der Waals surface area contributed by atoms with E-state index in [4.69, 9.17) is 5.11 Å². The molecule has 0 fully saturated rings. The van der Waals surface area contributed by atoms with Crippen LogP contribution in [0.3, 0.4) is 0 Å². The highest BCUT2D eigenvalue weighted by Gasteiger charge is 2.28. The largest absolute Gasteiger partial charge is 0.480 e. The number of benzene rings is 1. The minimum Gasteiger partial charge on any atom is -0.480 e. The molecule has 0 saturated heterocycles. The van der Waals surface area contributed by atoms with Crippen molar-refractivity contribution in [3.63, 3.8) is 0 Å². The van der Waals surface area contributed by atoms with Gasteiger partial charge in [0.2, 0.25) is 5.82 Å². The molecule has 0 aliphatic rings. The van der Waals surface area contributed by atoms with E-state index < -0.39 is 53.3 Å². The molecule has 0 atom stereocenters. The second kappa shape index (κ2) is 6.37. The first-order chi connectivity index (χ1) is 9.70. The number of urea groups is 1. The van der Waals surface area contributed by atoms with Crippen molar-refractivity contribution in [2.75, 3.05) is 18.4 Å². The Kier molecular flexibility index (Phi) is 5.06. The van der Waals surface area contributed by atoms with Crippen LogP contribution in [0, 0.1) is 29.1 Å². The average Bonchev–Trinajstić information content (AvgIpc) is 2.44. The smallest absolute Gasteiger partial charge is 0.323 e. The van der Waals surface area contributed by atoms with E-state index in [1.54, 1.807) is 0 Å². The predicted octanol–water partition coefficient (Wildman–Crippen LogP) is 2.32. The number of likely N-dealkylation sites (N-methyl/N-ethyl adjacent to an activating group) is 1. The van der Waals surface area contributed by atoms with E-state index in [-0.39, 0.29) is 6.54 Å². The molecule has 2 N–H and O–H groups in total. The number of rotatable bonds is 4. The van der Waals surface area contributed by atoms with Gasteiger partial charge in [-0.2, -0.15) is 0 Å². The number of hydrogen-bond acceptors (Lipinski definition) is 2. The minimum atomic E-state index is -2.36. The molecule has 0 saturated carbocycles. The average molecular weight is 312 g/mol. The summed E-state index contributed by atoms with van der Waals surface area (Å²) < 4.78 is 65.3. The van der Waals surface area contributed by atoms with Crippen molar-refractivity contribution in [1.82, 2.24) is 4.90 Å². The van der Waals surface area contributed by atoms with Crippen LogP contribution in [0.4, 0.5) is 32.4 Å². The zero-order valence-electron chi connectivity index (χ0n) is 10.5. The summed E-state index contributed by atoms with van der Waals surface area (Å²) in [7, 11) is 0. The van der Waals surface area contributed by atoms with Crippen LogP contribution in [0.15, 0.2) is 0 Å². The number of halogens is 5. The summed E-state index contributed by atoms with van der Waals surface area (Å²) in [5.74, 6) is -12.6. The maximum atomic E-state index is 13.3. The number of aliphatic carboxylic acids is 1. The number of amides is 2. The van der Waals surface area contributed by atoms with Crippen LogP contribution in [0.1, 0.15) is 6.92 Å². The minimum absolute atomic E-state index is 0.159. The van der Waals surface area contributed by atoms with Crippen molar-refractivity contribution in [3.05, 3.63) is 29.1 Å². The van der Waals surface area contributed by atoms with E-state index in [1.165, 1.54) is 12.2 Å². The van der Waals surface area contributed by atoms with Gasteiger partial charge in [0.1, 0.15) is 12.2 Å². The molecule has 1 aromatic rings. The van der Waals surface area contributed by atoms with Crippen LogP contribution < -0.4 is 5.32 Å². The van der Waals surface area contributed by atoms with Gasteiger partial charge >= 0.3 is 12.0 Å². The Hall–Kier alpha value is -2.39. The topological polar surface area (TPSA) is 69.6 Å². The quantitative estimate of drug-likeness (QED) is 0.509. The monoisotopic (exact) mass is 312 g/mol. The van der Waals surface area contributed by atoms with Crippen LogP contribution in [-0.4, -0.2) is 35.1 Å². The molecule has 1 rings (SSSR count). The molecule has 5 nitrogen and oxygen atoms in total. The first-order valence-corrected chi connectivity index (χ1v) is 5.49. The third kappa shape index (κ3) is 3.38. The molecule has 2 amide bonds. The molecule has 0 spiro atoms. The van der Waals surface area contributed by atoms with Crippen LogP contribution >= 0.6 is 0 Å². The summed E-state index contributed by atoms with van der Waals surface area (Å²) in [4.78, 5) is 22.6. The molecule has 0 aromatic heterocycles. The van der Waals surface area contributed by atoms with Gasteiger partial charge in [0.15, 0.2) is 23.3 Å². The zero-order valence-corrected chi connectivity index (χ0v) is 10.5. The summed E-state index contributed by atoms with van der Waals surface area (Å²) in [5.41, 5.74) is -1.54. The molecular weight excluding hydrogens is 303 g/mol. The van der Waals surface area contributed by atoms with Gasteiger partial charge in [0.05, 0.1) is 0 Å². The van der Waals surface area contributed by atoms with Gasteiger partial charge in [0, 0.05) is 6.54 Å². The van der Waals surface area contributed by atoms with Gasteiger partial charge in [-0.15, -0.1) is 0 Å². The molecular formula is C11H9F5N2O3. The number of anilines is 1. The molecule has 116 valence electrons. The molecule has 1 aromatic carbocycles. The number of nitrogens with one attached hydrogen (secondary N) is 1. The van der Waals surface area contributed by atoms with Crippen LogP contribution in [0.5, 0.6) is 0 Å². The maximum Gasteiger partial charge on any atom is 0.323 e. The zero-order chi connectivity index (χ0) is 16.3. The Morgan fingerprint density at radius 1 is 1.00 bits per heavy atom. The number of carboxylic acid groups (broad SMARTS) is 1. The van der Waals surface area contributed by atoms with Crippen molar-refractivity contribution >= 4 is 17.7 Å². The Labute approximate surface area is 115 Å². The first kappa shape index (κ1) is 16.7. The van der Waals surface area contributed by atoms with E-state index >= 15 is 0 Å². The Morgan fingerprint density at radius 2 is 1.43 bits per heavy atom. The summed E-state index contributed by atoms with van der Waals surface area (Å²) in [6, 6.07) is -1.32. The van der Waals surface area contributed by atoms with Crippen LogP contribution in [0.25, 0.3) is 0 Å². The maximum absolute atomic E-state index is 13.3. The molecule has 0 bridgehead atoms. The van der Waals surface area contributed by atoms with E-state index in [1.807, 2.05) is 0 Å². The van der Waals surface area contributed by atoms with Crippen molar-refractivity contribution in [1.29, 1.82) is 0 Å². The molecule has 10 heteroatoms. The number of carbonyl (C=O) groups excluding carboxylic acids is 1. The van der Waals surface area contributed by atoms with E-state index in [0.717, 1.165) is 0 Å².